The summed E-state index contributed by atoms with van der Waals surface area (Å²) in [5.74, 6) is 0.742. The molecule has 0 spiro atoms. The summed E-state index contributed by atoms with van der Waals surface area (Å²) < 4.78 is 5.58. The van der Waals surface area contributed by atoms with Crippen molar-refractivity contribution in [3.05, 3.63) is 0 Å². The molecule has 1 amide bonds. The Morgan fingerprint density at radius 3 is 2.59 bits per heavy atom. The van der Waals surface area contributed by atoms with Crippen LogP contribution in [0.25, 0.3) is 0 Å². The Labute approximate surface area is 103 Å². The highest BCUT2D eigenvalue weighted by Crippen LogP contribution is 2.23. The molecule has 4 heteroatoms. The Kier molecular flexibility index (Phi) is 4.80. The van der Waals surface area contributed by atoms with Gasteiger partial charge in [0.2, 0.25) is 5.91 Å². The summed E-state index contributed by atoms with van der Waals surface area (Å²) in [6.45, 7) is 1.35. The summed E-state index contributed by atoms with van der Waals surface area (Å²) >= 11 is 0. The van der Waals surface area contributed by atoms with E-state index in [2.05, 4.69) is 5.32 Å². The molecule has 0 radical (unpaired) electrons. The third-order valence-electron chi connectivity index (χ3n) is 3.95. The third-order valence-corrected chi connectivity index (χ3v) is 3.95. The van der Waals surface area contributed by atoms with Gasteiger partial charge in [0.05, 0.1) is 6.10 Å². The molecular weight excluding hydrogens is 216 g/mol. The molecule has 1 aliphatic carbocycles. The van der Waals surface area contributed by atoms with Crippen molar-refractivity contribution in [3.8, 4) is 0 Å². The van der Waals surface area contributed by atoms with E-state index < -0.39 is 0 Å². The molecule has 0 aromatic heterocycles. The van der Waals surface area contributed by atoms with Gasteiger partial charge in [-0.25, -0.2) is 0 Å². The molecule has 2 atom stereocenters. The maximum Gasteiger partial charge on any atom is 0.249 e. The molecular formula is C13H24N2O2. The van der Waals surface area contributed by atoms with E-state index in [0.717, 1.165) is 19.4 Å². The second kappa shape index (κ2) is 6.36. The molecule has 1 saturated carbocycles. The topological polar surface area (TPSA) is 64.4 Å². The maximum absolute atomic E-state index is 11.9. The van der Waals surface area contributed by atoms with E-state index in [4.69, 9.17) is 10.5 Å². The summed E-state index contributed by atoms with van der Waals surface area (Å²) in [6.07, 6.45) is 8.07. The van der Waals surface area contributed by atoms with Crippen LogP contribution < -0.4 is 11.1 Å². The Bertz CT molecular complexity index is 252. The molecule has 2 rings (SSSR count). The van der Waals surface area contributed by atoms with E-state index in [-0.39, 0.29) is 18.1 Å². The third kappa shape index (κ3) is 3.68. The lowest BCUT2D eigenvalue weighted by Crippen LogP contribution is -2.38. The minimum atomic E-state index is -0.257. The van der Waals surface area contributed by atoms with E-state index in [1.54, 1.807) is 0 Å². The van der Waals surface area contributed by atoms with E-state index in [1.807, 2.05) is 0 Å². The number of carbonyl (C=O) groups is 1. The van der Waals surface area contributed by atoms with Crippen molar-refractivity contribution in [2.45, 2.75) is 57.2 Å². The highest BCUT2D eigenvalue weighted by atomic mass is 16.5. The van der Waals surface area contributed by atoms with E-state index >= 15 is 0 Å². The highest BCUT2D eigenvalue weighted by molar-refractivity contribution is 5.81. The quantitative estimate of drug-likeness (QED) is 0.776. The number of hydrogen-bond acceptors (Lipinski definition) is 3. The first-order valence-electron chi connectivity index (χ1n) is 6.93. The van der Waals surface area contributed by atoms with Crippen LogP contribution in [0.3, 0.4) is 0 Å². The van der Waals surface area contributed by atoms with Gasteiger partial charge in [0.1, 0.15) is 6.10 Å². The molecule has 1 saturated heterocycles. The van der Waals surface area contributed by atoms with Crippen molar-refractivity contribution >= 4 is 5.91 Å². The Hall–Kier alpha value is -0.610. The SMILES string of the molecule is NCC1CCC(C(=O)NCC2CCCCC2)O1. The van der Waals surface area contributed by atoms with E-state index in [0.29, 0.717) is 12.5 Å². The summed E-state index contributed by atoms with van der Waals surface area (Å²) in [4.78, 5) is 11.9. The predicted octanol–water partition coefficient (Wildman–Crippen LogP) is 1.19. The van der Waals surface area contributed by atoms with Crippen LogP contribution in [0.1, 0.15) is 44.9 Å². The zero-order valence-electron chi connectivity index (χ0n) is 10.5. The summed E-state index contributed by atoms with van der Waals surface area (Å²) in [5, 5.41) is 3.03. The molecule has 2 fully saturated rings. The van der Waals surface area contributed by atoms with Crippen molar-refractivity contribution in [1.82, 2.24) is 5.32 Å². The van der Waals surface area contributed by atoms with Crippen molar-refractivity contribution in [2.24, 2.45) is 11.7 Å². The fraction of sp³-hybridized carbons (Fsp3) is 0.923. The first-order valence-corrected chi connectivity index (χ1v) is 6.93. The number of nitrogens with one attached hydrogen (secondary N) is 1. The summed E-state index contributed by atoms with van der Waals surface area (Å²) in [7, 11) is 0. The number of hydrogen-bond donors (Lipinski definition) is 2. The number of carbonyl (C=O) groups excluding carboxylic acids is 1. The van der Waals surface area contributed by atoms with Crippen LogP contribution in [0.15, 0.2) is 0 Å². The van der Waals surface area contributed by atoms with E-state index in [9.17, 15) is 4.79 Å². The molecule has 1 heterocycles. The van der Waals surface area contributed by atoms with Gasteiger partial charge in [-0.3, -0.25) is 4.79 Å². The molecule has 2 aliphatic rings. The number of ether oxygens (including phenoxy) is 1. The van der Waals surface area contributed by atoms with Crippen LogP contribution in [0.5, 0.6) is 0 Å². The van der Waals surface area contributed by atoms with Gasteiger partial charge in [-0.15, -0.1) is 0 Å². The minimum absolute atomic E-state index is 0.0616. The van der Waals surface area contributed by atoms with Crippen molar-refractivity contribution in [3.63, 3.8) is 0 Å². The van der Waals surface area contributed by atoms with E-state index in [1.165, 1.54) is 32.1 Å². The highest BCUT2D eigenvalue weighted by Gasteiger charge is 2.29. The van der Waals surface area contributed by atoms with Gasteiger partial charge in [-0.2, -0.15) is 0 Å². The van der Waals surface area contributed by atoms with Crippen LogP contribution in [-0.2, 0) is 9.53 Å². The number of nitrogens with two attached hydrogens (primary N) is 1. The van der Waals surface area contributed by atoms with Crippen molar-refractivity contribution < 1.29 is 9.53 Å². The Morgan fingerprint density at radius 2 is 1.94 bits per heavy atom. The second-order valence-corrected chi connectivity index (χ2v) is 5.31. The fourth-order valence-corrected chi connectivity index (χ4v) is 2.82. The minimum Gasteiger partial charge on any atom is -0.364 e. The van der Waals surface area contributed by atoms with Gasteiger partial charge in [-0.05, 0) is 31.6 Å². The Balaban J connectivity index is 1.66. The van der Waals surface area contributed by atoms with Gasteiger partial charge in [0.25, 0.3) is 0 Å². The molecule has 0 aromatic rings. The molecule has 0 bridgehead atoms. The summed E-state index contributed by atoms with van der Waals surface area (Å²) in [5.41, 5.74) is 5.53. The Morgan fingerprint density at radius 1 is 1.18 bits per heavy atom. The molecule has 4 nitrogen and oxygen atoms in total. The average molecular weight is 240 g/mol. The predicted molar refractivity (Wildman–Crippen MR) is 66.5 cm³/mol. The lowest BCUT2D eigenvalue weighted by Gasteiger charge is -2.22. The molecule has 98 valence electrons. The van der Waals surface area contributed by atoms with Crippen LogP contribution in [-0.4, -0.2) is 31.2 Å². The monoisotopic (exact) mass is 240 g/mol. The second-order valence-electron chi connectivity index (χ2n) is 5.31. The van der Waals surface area contributed by atoms with Crippen molar-refractivity contribution in [1.29, 1.82) is 0 Å². The lowest BCUT2D eigenvalue weighted by molar-refractivity contribution is -0.132. The summed E-state index contributed by atoms with van der Waals surface area (Å²) in [6, 6.07) is 0. The largest absolute Gasteiger partial charge is 0.364 e. The molecule has 3 N–H and O–H groups in total. The first kappa shape index (κ1) is 12.8. The van der Waals surface area contributed by atoms with Gasteiger partial charge in [-0.1, -0.05) is 19.3 Å². The fourth-order valence-electron chi connectivity index (χ4n) is 2.82. The van der Waals surface area contributed by atoms with Gasteiger partial charge in [0, 0.05) is 13.1 Å². The normalized spacial score (nSPS) is 30.4. The van der Waals surface area contributed by atoms with Crippen molar-refractivity contribution in [2.75, 3.05) is 13.1 Å². The lowest BCUT2D eigenvalue weighted by atomic mass is 9.89. The molecule has 0 aromatic carbocycles. The van der Waals surface area contributed by atoms with Gasteiger partial charge < -0.3 is 15.8 Å². The maximum atomic E-state index is 11.9. The van der Waals surface area contributed by atoms with Crippen LogP contribution in [0.2, 0.25) is 0 Å². The van der Waals surface area contributed by atoms with Crippen LogP contribution >= 0.6 is 0 Å². The number of rotatable bonds is 4. The number of amides is 1. The molecule has 2 unspecified atom stereocenters. The average Bonchev–Trinajstić information content (AvgIpc) is 2.86. The standard InChI is InChI=1S/C13H24N2O2/c14-8-11-6-7-12(17-11)13(16)15-9-10-4-2-1-3-5-10/h10-12H,1-9,14H2,(H,15,16). The van der Waals surface area contributed by atoms with Crippen LogP contribution in [0, 0.1) is 5.92 Å². The molecule has 1 aliphatic heterocycles. The zero-order valence-corrected chi connectivity index (χ0v) is 10.5. The van der Waals surface area contributed by atoms with Gasteiger partial charge in [0.15, 0.2) is 0 Å². The van der Waals surface area contributed by atoms with Crippen LogP contribution in [0.4, 0.5) is 0 Å². The van der Waals surface area contributed by atoms with Gasteiger partial charge >= 0.3 is 0 Å². The smallest absolute Gasteiger partial charge is 0.249 e. The molecule has 17 heavy (non-hydrogen) atoms. The zero-order chi connectivity index (χ0) is 12.1. The first-order chi connectivity index (χ1) is 8.29.